The van der Waals surface area contributed by atoms with Crippen molar-refractivity contribution in [1.82, 2.24) is 4.90 Å². The summed E-state index contributed by atoms with van der Waals surface area (Å²) in [5.74, 6) is -0.0111. The molecule has 1 atom stereocenters. The number of nitrogens with zero attached hydrogens (tertiary/aromatic N) is 2. The molecule has 0 aliphatic rings. The molecule has 1 aromatic carbocycles. The van der Waals surface area contributed by atoms with Gasteiger partial charge in [0, 0.05) is 32.7 Å². The normalized spacial score (nSPS) is 12.9. The molecular formula is C16H27N3O. The molecule has 0 heterocycles. The van der Waals surface area contributed by atoms with Crippen LogP contribution >= 0.6 is 0 Å². The van der Waals surface area contributed by atoms with Crippen molar-refractivity contribution in [2.75, 3.05) is 31.8 Å². The summed E-state index contributed by atoms with van der Waals surface area (Å²) in [6.45, 7) is 8.75. The minimum Gasteiger partial charge on any atom is -0.397 e. The Morgan fingerprint density at radius 3 is 2.20 bits per heavy atom. The highest BCUT2D eigenvalue weighted by Crippen LogP contribution is 2.31. The van der Waals surface area contributed by atoms with E-state index in [1.165, 1.54) is 0 Å². The van der Waals surface area contributed by atoms with E-state index in [4.69, 9.17) is 5.73 Å². The first-order chi connectivity index (χ1) is 9.05. The van der Waals surface area contributed by atoms with Crippen LogP contribution < -0.4 is 10.6 Å². The minimum absolute atomic E-state index is 0.0111. The van der Waals surface area contributed by atoms with Crippen molar-refractivity contribution < 1.29 is 4.79 Å². The number of amides is 1. The van der Waals surface area contributed by atoms with Crippen LogP contribution in [-0.4, -0.2) is 38.0 Å². The predicted molar refractivity (Wildman–Crippen MR) is 86.2 cm³/mol. The Morgan fingerprint density at radius 1 is 1.20 bits per heavy atom. The van der Waals surface area contributed by atoms with E-state index in [1.807, 2.05) is 13.1 Å². The van der Waals surface area contributed by atoms with Crippen molar-refractivity contribution in [3.63, 3.8) is 0 Å². The van der Waals surface area contributed by atoms with Gasteiger partial charge in [0.2, 0.25) is 0 Å². The predicted octanol–water partition coefficient (Wildman–Crippen LogP) is 2.84. The molecule has 112 valence electrons. The SMILES string of the molecule is CC(N(C)c1cc(C(=O)N(C)C)ccc1N)C(C)(C)C. The van der Waals surface area contributed by atoms with Gasteiger partial charge in [0.1, 0.15) is 0 Å². The highest BCUT2D eigenvalue weighted by molar-refractivity contribution is 5.96. The Labute approximate surface area is 122 Å². The standard InChI is InChI=1S/C16H27N3O/c1-11(16(2,3)4)19(7)14-10-12(8-9-13(14)17)15(20)18(5)6/h8-11H,17H2,1-7H3. The molecular weight excluding hydrogens is 250 g/mol. The van der Waals surface area contributed by atoms with Crippen LogP contribution in [-0.2, 0) is 0 Å². The molecule has 4 nitrogen and oxygen atoms in total. The van der Waals surface area contributed by atoms with Gasteiger partial charge in [0.25, 0.3) is 5.91 Å². The van der Waals surface area contributed by atoms with Gasteiger partial charge in [0.15, 0.2) is 0 Å². The smallest absolute Gasteiger partial charge is 0.253 e. The van der Waals surface area contributed by atoms with Crippen LogP contribution in [0.1, 0.15) is 38.1 Å². The third-order valence-corrected chi connectivity index (χ3v) is 3.90. The number of hydrogen-bond acceptors (Lipinski definition) is 3. The average molecular weight is 277 g/mol. The first kappa shape index (κ1) is 16.3. The quantitative estimate of drug-likeness (QED) is 0.864. The first-order valence-electron chi connectivity index (χ1n) is 6.89. The molecule has 0 saturated carbocycles. The van der Waals surface area contributed by atoms with Crippen molar-refractivity contribution in [2.24, 2.45) is 5.41 Å². The zero-order valence-corrected chi connectivity index (χ0v) is 13.7. The summed E-state index contributed by atoms with van der Waals surface area (Å²) in [5, 5.41) is 0. The minimum atomic E-state index is -0.0111. The van der Waals surface area contributed by atoms with Crippen molar-refractivity contribution in [2.45, 2.75) is 33.7 Å². The van der Waals surface area contributed by atoms with Gasteiger partial charge < -0.3 is 15.5 Å². The average Bonchev–Trinajstić information content (AvgIpc) is 2.35. The Hall–Kier alpha value is -1.71. The summed E-state index contributed by atoms with van der Waals surface area (Å²) >= 11 is 0. The molecule has 1 unspecified atom stereocenters. The van der Waals surface area contributed by atoms with Gasteiger partial charge in [-0.1, -0.05) is 20.8 Å². The fourth-order valence-electron chi connectivity index (χ4n) is 2.03. The Morgan fingerprint density at radius 2 is 1.75 bits per heavy atom. The van der Waals surface area contributed by atoms with E-state index in [9.17, 15) is 4.79 Å². The van der Waals surface area contributed by atoms with Crippen LogP contribution in [0, 0.1) is 5.41 Å². The van der Waals surface area contributed by atoms with Crippen molar-refractivity contribution in [3.05, 3.63) is 23.8 Å². The molecule has 0 saturated heterocycles. The Kier molecular flexibility index (Phi) is 4.69. The number of rotatable bonds is 3. The number of nitrogens with two attached hydrogens (primary N) is 1. The van der Waals surface area contributed by atoms with Gasteiger partial charge >= 0.3 is 0 Å². The molecule has 0 aliphatic heterocycles. The van der Waals surface area contributed by atoms with E-state index in [0.29, 0.717) is 17.3 Å². The molecule has 0 bridgehead atoms. The molecule has 1 rings (SSSR count). The third kappa shape index (κ3) is 3.44. The van der Waals surface area contributed by atoms with Gasteiger partial charge in [-0.2, -0.15) is 0 Å². The molecule has 0 radical (unpaired) electrons. The summed E-state index contributed by atoms with van der Waals surface area (Å²) < 4.78 is 0. The van der Waals surface area contributed by atoms with Crippen LogP contribution in [0.5, 0.6) is 0 Å². The Balaban J connectivity index is 3.18. The van der Waals surface area contributed by atoms with E-state index in [-0.39, 0.29) is 11.3 Å². The fraction of sp³-hybridized carbons (Fsp3) is 0.562. The summed E-state index contributed by atoms with van der Waals surface area (Å²) in [6.07, 6.45) is 0. The van der Waals surface area contributed by atoms with Gasteiger partial charge in [-0.3, -0.25) is 4.79 Å². The molecule has 20 heavy (non-hydrogen) atoms. The molecule has 1 aromatic rings. The molecule has 4 heteroatoms. The number of carbonyl (C=O) groups is 1. The second kappa shape index (κ2) is 5.73. The zero-order chi connectivity index (χ0) is 15.7. The number of anilines is 2. The maximum Gasteiger partial charge on any atom is 0.253 e. The maximum absolute atomic E-state index is 12.1. The second-order valence-corrected chi connectivity index (χ2v) is 6.63. The van der Waals surface area contributed by atoms with Crippen LogP contribution in [0.3, 0.4) is 0 Å². The molecule has 1 amide bonds. The van der Waals surface area contributed by atoms with Crippen molar-refractivity contribution in [3.8, 4) is 0 Å². The van der Waals surface area contributed by atoms with Crippen LogP contribution in [0.15, 0.2) is 18.2 Å². The van der Waals surface area contributed by atoms with Crippen LogP contribution in [0.2, 0.25) is 0 Å². The lowest BCUT2D eigenvalue weighted by Crippen LogP contribution is -2.39. The zero-order valence-electron chi connectivity index (χ0n) is 13.7. The summed E-state index contributed by atoms with van der Waals surface area (Å²) in [5.41, 5.74) is 8.46. The lowest BCUT2D eigenvalue weighted by Gasteiger charge is -2.37. The molecule has 0 spiro atoms. The van der Waals surface area contributed by atoms with E-state index in [0.717, 1.165) is 5.69 Å². The van der Waals surface area contributed by atoms with Crippen molar-refractivity contribution >= 4 is 17.3 Å². The van der Waals surface area contributed by atoms with E-state index < -0.39 is 0 Å². The molecule has 0 fully saturated rings. The fourth-order valence-corrected chi connectivity index (χ4v) is 2.03. The third-order valence-electron chi connectivity index (χ3n) is 3.90. The number of carbonyl (C=O) groups excluding carboxylic acids is 1. The van der Waals surface area contributed by atoms with Gasteiger partial charge in [-0.05, 0) is 30.5 Å². The van der Waals surface area contributed by atoms with Crippen LogP contribution in [0.25, 0.3) is 0 Å². The number of benzene rings is 1. The summed E-state index contributed by atoms with van der Waals surface area (Å²) in [4.78, 5) is 15.8. The topological polar surface area (TPSA) is 49.6 Å². The highest BCUT2D eigenvalue weighted by Gasteiger charge is 2.25. The molecule has 0 aromatic heterocycles. The number of nitrogen functional groups attached to an aromatic ring is 1. The largest absolute Gasteiger partial charge is 0.397 e. The highest BCUT2D eigenvalue weighted by atomic mass is 16.2. The summed E-state index contributed by atoms with van der Waals surface area (Å²) in [7, 11) is 5.52. The van der Waals surface area contributed by atoms with E-state index >= 15 is 0 Å². The molecule has 2 N–H and O–H groups in total. The van der Waals surface area contributed by atoms with Crippen LogP contribution in [0.4, 0.5) is 11.4 Å². The van der Waals surface area contributed by atoms with Gasteiger partial charge in [-0.15, -0.1) is 0 Å². The van der Waals surface area contributed by atoms with E-state index in [2.05, 4.69) is 32.6 Å². The lowest BCUT2D eigenvalue weighted by molar-refractivity contribution is 0.0827. The maximum atomic E-state index is 12.1. The van der Waals surface area contributed by atoms with Crippen molar-refractivity contribution in [1.29, 1.82) is 0 Å². The van der Waals surface area contributed by atoms with Gasteiger partial charge in [-0.25, -0.2) is 0 Å². The first-order valence-corrected chi connectivity index (χ1v) is 6.89. The number of hydrogen-bond donors (Lipinski definition) is 1. The second-order valence-electron chi connectivity index (χ2n) is 6.63. The summed E-state index contributed by atoms with van der Waals surface area (Å²) in [6, 6.07) is 5.75. The van der Waals surface area contributed by atoms with Gasteiger partial charge in [0.05, 0.1) is 11.4 Å². The lowest BCUT2D eigenvalue weighted by atomic mass is 9.87. The molecule has 0 aliphatic carbocycles. The Bertz CT molecular complexity index is 489. The monoisotopic (exact) mass is 277 g/mol. The van der Waals surface area contributed by atoms with E-state index in [1.54, 1.807) is 31.1 Å².